The molecule has 1 atom stereocenters. The lowest BCUT2D eigenvalue weighted by Crippen LogP contribution is -2.49. The molecule has 0 amide bonds. The van der Waals surface area contributed by atoms with E-state index in [1.54, 1.807) is 4.90 Å². The Morgan fingerprint density at radius 1 is 1.41 bits per heavy atom. The molecule has 4 nitrogen and oxygen atoms in total. The molecule has 5 heteroatoms. The van der Waals surface area contributed by atoms with Gasteiger partial charge in [0, 0.05) is 5.56 Å². The second-order valence-corrected chi connectivity index (χ2v) is 7.42. The summed E-state index contributed by atoms with van der Waals surface area (Å²) in [5.41, 5.74) is 1.71. The van der Waals surface area contributed by atoms with Gasteiger partial charge in [0.25, 0.3) is 0 Å². The Balaban J connectivity index is 2.60. The molecular weight excluding hydrogens is 298 g/mol. The van der Waals surface area contributed by atoms with Crippen molar-refractivity contribution >= 4 is 28.9 Å². The first-order valence-corrected chi connectivity index (χ1v) is 7.87. The summed E-state index contributed by atoms with van der Waals surface area (Å²) < 4.78 is 6.20. The maximum Gasteiger partial charge on any atom is 0.323 e. The van der Waals surface area contributed by atoms with Crippen LogP contribution in [0.3, 0.4) is 0 Å². The Hall–Kier alpha value is -1.62. The number of ether oxygens (including phenoxy) is 1. The maximum absolute atomic E-state index is 11.2. The van der Waals surface area contributed by atoms with Crippen LogP contribution in [0.5, 0.6) is 5.75 Å². The Bertz CT molecular complexity index is 604. The Morgan fingerprint density at radius 2 is 2.05 bits per heavy atom. The molecule has 0 bridgehead atoms. The lowest BCUT2D eigenvalue weighted by atomic mass is 9.85. The van der Waals surface area contributed by atoms with Crippen molar-refractivity contribution in [1.82, 2.24) is 0 Å². The summed E-state index contributed by atoms with van der Waals surface area (Å²) in [6.45, 7) is 10.3. The molecule has 1 N–H and O–H groups in total. The van der Waals surface area contributed by atoms with Gasteiger partial charge in [0.15, 0.2) is 6.10 Å². The van der Waals surface area contributed by atoms with Crippen LogP contribution in [0.2, 0.25) is 0 Å². The summed E-state index contributed by atoms with van der Waals surface area (Å²) in [5.74, 6) is 0.0207. The molecule has 22 heavy (non-hydrogen) atoms. The number of nitrogens with zero attached hydrogens (tertiary/aromatic N) is 1. The van der Waals surface area contributed by atoms with Crippen molar-refractivity contribution in [2.45, 2.75) is 46.1 Å². The number of carbonyl (C=O) groups is 1. The summed E-state index contributed by atoms with van der Waals surface area (Å²) >= 11 is 5.49. The highest BCUT2D eigenvalue weighted by Gasteiger charge is 2.36. The third kappa shape index (κ3) is 3.09. The van der Waals surface area contributed by atoms with Crippen LogP contribution in [0.1, 0.15) is 40.2 Å². The van der Waals surface area contributed by atoms with E-state index in [4.69, 9.17) is 17.0 Å². The largest absolute Gasteiger partial charge is 0.481 e. The van der Waals surface area contributed by atoms with Crippen molar-refractivity contribution in [2.24, 2.45) is 5.92 Å². The number of hydrogen-bond donors (Lipinski definition) is 1. The third-order valence-electron chi connectivity index (χ3n) is 3.75. The second-order valence-electron chi connectivity index (χ2n) is 7.00. The zero-order valence-corrected chi connectivity index (χ0v) is 14.5. The second kappa shape index (κ2) is 5.88. The van der Waals surface area contributed by atoms with E-state index in [2.05, 4.69) is 20.8 Å². The Kier molecular flexibility index (Phi) is 4.47. The first-order chi connectivity index (χ1) is 10.1. The van der Waals surface area contributed by atoms with E-state index in [-0.39, 0.29) is 24.0 Å². The van der Waals surface area contributed by atoms with Crippen LogP contribution >= 0.6 is 12.2 Å². The van der Waals surface area contributed by atoms with E-state index in [0.717, 1.165) is 17.0 Å². The monoisotopic (exact) mass is 321 g/mol. The zero-order valence-electron chi connectivity index (χ0n) is 13.7. The maximum atomic E-state index is 11.2. The summed E-state index contributed by atoms with van der Waals surface area (Å²) in [7, 11) is 0. The van der Waals surface area contributed by atoms with Crippen LogP contribution in [-0.2, 0) is 10.2 Å². The van der Waals surface area contributed by atoms with Crippen LogP contribution in [0.15, 0.2) is 18.2 Å². The molecule has 1 aliphatic heterocycles. The summed E-state index contributed by atoms with van der Waals surface area (Å²) in [4.78, 5) is 13.5. The van der Waals surface area contributed by atoms with E-state index in [1.807, 2.05) is 32.0 Å². The molecule has 1 aromatic carbocycles. The highest BCUT2D eigenvalue weighted by molar-refractivity contribution is 7.80. The molecule has 120 valence electrons. The van der Waals surface area contributed by atoms with Gasteiger partial charge in [-0.05, 0) is 17.4 Å². The zero-order chi connectivity index (χ0) is 16.7. The Morgan fingerprint density at radius 3 is 2.55 bits per heavy atom. The minimum atomic E-state index is -0.904. The van der Waals surface area contributed by atoms with Crippen LogP contribution < -0.4 is 9.64 Å². The number of rotatable bonds is 3. The topological polar surface area (TPSA) is 49.8 Å². The number of carboxylic acid groups (broad SMARTS) is 1. The average Bonchev–Trinajstić information content (AvgIpc) is 2.39. The quantitative estimate of drug-likeness (QED) is 0.862. The smallest absolute Gasteiger partial charge is 0.323 e. The van der Waals surface area contributed by atoms with Crippen LogP contribution in [0, 0.1) is 5.92 Å². The number of thiocarbonyl (C=S) groups is 1. The van der Waals surface area contributed by atoms with E-state index in [1.165, 1.54) is 0 Å². The molecule has 1 aliphatic rings. The fourth-order valence-corrected chi connectivity index (χ4v) is 3.10. The van der Waals surface area contributed by atoms with Crippen molar-refractivity contribution < 1.29 is 14.6 Å². The van der Waals surface area contributed by atoms with Gasteiger partial charge in [-0.2, -0.15) is 0 Å². The molecule has 0 aliphatic carbocycles. The van der Waals surface area contributed by atoms with E-state index >= 15 is 0 Å². The summed E-state index contributed by atoms with van der Waals surface area (Å²) in [6, 6.07) is 5.83. The van der Waals surface area contributed by atoms with Gasteiger partial charge in [0.1, 0.15) is 17.3 Å². The van der Waals surface area contributed by atoms with Gasteiger partial charge in [0.2, 0.25) is 0 Å². The molecule has 1 heterocycles. The molecule has 0 aromatic heterocycles. The SMILES string of the molecule is CC(C)C1Oc2c(cccc2C(C)(C)C)N(CC(=O)O)C1=S. The summed E-state index contributed by atoms with van der Waals surface area (Å²) in [5, 5.41) is 9.22. The van der Waals surface area contributed by atoms with Gasteiger partial charge in [-0.25, -0.2) is 0 Å². The third-order valence-corrected chi connectivity index (χ3v) is 4.20. The lowest BCUT2D eigenvalue weighted by molar-refractivity contribution is -0.135. The number of benzene rings is 1. The first-order valence-electron chi connectivity index (χ1n) is 7.46. The number of fused-ring (bicyclic) bond motifs is 1. The van der Waals surface area contributed by atoms with Gasteiger partial charge < -0.3 is 14.7 Å². The molecule has 0 saturated heterocycles. The van der Waals surface area contributed by atoms with Gasteiger partial charge in [-0.15, -0.1) is 0 Å². The van der Waals surface area contributed by atoms with Crippen LogP contribution in [0.4, 0.5) is 5.69 Å². The standard InChI is InChI=1S/C17H23NO3S/c1-10(2)14-16(22)18(9-13(19)20)12-8-6-7-11(15(12)21-14)17(3,4)5/h6-8,10,14H,9H2,1-5H3,(H,19,20). The van der Waals surface area contributed by atoms with Crippen molar-refractivity contribution in [3.8, 4) is 5.75 Å². The molecule has 0 spiro atoms. The normalized spacial score (nSPS) is 18.2. The van der Waals surface area contributed by atoms with Gasteiger partial charge >= 0.3 is 5.97 Å². The van der Waals surface area contributed by atoms with Crippen molar-refractivity contribution in [3.63, 3.8) is 0 Å². The van der Waals surface area contributed by atoms with Crippen molar-refractivity contribution in [3.05, 3.63) is 23.8 Å². The molecular formula is C17H23NO3S. The fraction of sp³-hybridized carbons (Fsp3) is 0.529. The molecule has 2 rings (SSSR count). The number of para-hydroxylation sites is 1. The molecule has 0 radical (unpaired) electrons. The van der Waals surface area contributed by atoms with E-state index < -0.39 is 5.97 Å². The minimum absolute atomic E-state index is 0.0965. The van der Waals surface area contributed by atoms with Crippen LogP contribution in [0.25, 0.3) is 0 Å². The first kappa shape index (κ1) is 16.7. The summed E-state index contributed by atoms with van der Waals surface area (Å²) in [6.07, 6.45) is -0.287. The average molecular weight is 321 g/mol. The molecule has 0 saturated carbocycles. The minimum Gasteiger partial charge on any atom is -0.481 e. The molecule has 1 aromatic rings. The molecule has 0 fully saturated rings. The highest BCUT2D eigenvalue weighted by atomic mass is 32.1. The van der Waals surface area contributed by atoms with Gasteiger partial charge in [-0.3, -0.25) is 4.79 Å². The number of aliphatic carboxylic acids is 1. The lowest BCUT2D eigenvalue weighted by Gasteiger charge is -2.40. The van der Waals surface area contributed by atoms with Crippen LogP contribution in [-0.4, -0.2) is 28.7 Å². The van der Waals surface area contributed by atoms with E-state index in [9.17, 15) is 9.90 Å². The van der Waals surface area contributed by atoms with Gasteiger partial charge in [0.05, 0.1) is 5.69 Å². The molecule has 1 unspecified atom stereocenters. The number of anilines is 1. The number of hydrogen-bond acceptors (Lipinski definition) is 3. The number of carboxylic acids is 1. The predicted molar refractivity (Wildman–Crippen MR) is 92.0 cm³/mol. The highest BCUT2D eigenvalue weighted by Crippen LogP contribution is 2.43. The predicted octanol–water partition coefficient (Wildman–Crippen LogP) is 3.62. The van der Waals surface area contributed by atoms with Gasteiger partial charge in [-0.1, -0.05) is 59.0 Å². The fourth-order valence-electron chi connectivity index (χ4n) is 2.62. The van der Waals surface area contributed by atoms with E-state index in [0.29, 0.717) is 4.99 Å². The van der Waals surface area contributed by atoms with Crippen molar-refractivity contribution in [1.29, 1.82) is 0 Å². The van der Waals surface area contributed by atoms with Crippen molar-refractivity contribution in [2.75, 3.05) is 11.4 Å². The Labute approximate surface area is 137 Å².